The fourth-order valence-electron chi connectivity index (χ4n) is 4.04. The Morgan fingerprint density at radius 3 is 3.00 bits per heavy atom. The quantitative estimate of drug-likeness (QED) is 0.747. The van der Waals surface area contributed by atoms with Gasteiger partial charge in [-0.05, 0) is 54.6 Å². The lowest BCUT2D eigenvalue weighted by molar-refractivity contribution is -0.00445. The molecule has 0 radical (unpaired) electrons. The number of hydrogen-bond donors (Lipinski definition) is 0. The minimum Gasteiger partial charge on any atom is -0.373 e. The molecule has 2 unspecified atom stereocenters. The number of rotatable bonds is 3. The molecule has 2 heteroatoms. The number of ether oxygens (including phenoxy) is 1. The number of hydrogen-bond acceptors (Lipinski definition) is 2. The maximum absolute atomic E-state index is 6.14. The number of aromatic nitrogens is 1. The van der Waals surface area contributed by atoms with Gasteiger partial charge in [0, 0.05) is 12.4 Å². The van der Waals surface area contributed by atoms with E-state index in [2.05, 4.69) is 37.9 Å². The lowest BCUT2D eigenvalue weighted by atomic mass is 9.57. The lowest BCUT2D eigenvalue weighted by Crippen LogP contribution is -2.40. The molecule has 0 saturated heterocycles. The largest absolute Gasteiger partial charge is 0.373 e. The molecule has 0 bridgehead atoms. The van der Waals surface area contributed by atoms with E-state index in [0.29, 0.717) is 18.1 Å². The summed E-state index contributed by atoms with van der Waals surface area (Å²) in [6.07, 6.45) is 11.4. The molecule has 2 aliphatic carbocycles. The second-order valence-corrected chi connectivity index (χ2v) is 7.19. The SMILES string of the molecule is CC1CC=C2C[C@@H](OCc3cccnc3)CC[C@]2(C)C1C. The Hall–Kier alpha value is -1.15. The molecule has 0 amide bonds. The number of allylic oxidation sites excluding steroid dienone is 1. The maximum Gasteiger partial charge on any atom is 0.0735 e. The van der Waals surface area contributed by atoms with E-state index in [1.165, 1.54) is 24.8 Å². The van der Waals surface area contributed by atoms with Crippen molar-refractivity contribution >= 4 is 0 Å². The van der Waals surface area contributed by atoms with E-state index in [4.69, 9.17) is 4.74 Å². The van der Waals surface area contributed by atoms with Crippen molar-refractivity contribution in [3.05, 3.63) is 41.7 Å². The zero-order valence-electron chi connectivity index (χ0n) is 13.5. The van der Waals surface area contributed by atoms with Crippen molar-refractivity contribution in [2.24, 2.45) is 17.3 Å². The molecular weight excluding hydrogens is 258 g/mol. The molecule has 0 aromatic carbocycles. The van der Waals surface area contributed by atoms with Crippen LogP contribution in [0.2, 0.25) is 0 Å². The molecule has 1 fully saturated rings. The monoisotopic (exact) mass is 285 g/mol. The number of pyridine rings is 1. The van der Waals surface area contributed by atoms with Crippen molar-refractivity contribution in [3.8, 4) is 0 Å². The van der Waals surface area contributed by atoms with Gasteiger partial charge in [-0.2, -0.15) is 0 Å². The number of fused-ring (bicyclic) bond motifs is 1. The topological polar surface area (TPSA) is 22.1 Å². The van der Waals surface area contributed by atoms with E-state index in [-0.39, 0.29) is 0 Å². The van der Waals surface area contributed by atoms with Crippen molar-refractivity contribution in [3.63, 3.8) is 0 Å². The van der Waals surface area contributed by atoms with Gasteiger partial charge in [0.2, 0.25) is 0 Å². The van der Waals surface area contributed by atoms with E-state index in [0.717, 1.165) is 18.3 Å². The van der Waals surface area contributed by atoms with Crippen LogP contribution in [-0.4, -0.2) is 11.1 Å². The summed E-state index contributed by atoms with van der Waals surface area (Å²) in [5.41, 5.74) is 3.23. The Balaban J connectivity index is 1.62. The summed E-state index contributed by atoms with van der Waals surface area (Å²) in [7, 11) is 0. The van der Waals surface area contributed by atoms with E-state index < -0.39 is 0 Å². The van der Waals surface area contributed by atoms with Crippen LogP contribution in [0.3, 0.4) is 0 Å². The summed E-state index contributed by atoms with van der Waals surface area (Å²) in [5.74, 6) is 1.60. The molecule has 1 heterocycles. The maximum atomic E-state index is 6.14. The minimum atomic E-state index is 0.380. The van der Waals surface area contributed by atoms with Gasteiger partial charge in [0.1, 0.15) is 0 Å². The van der Waals surface area contributed by atoms with E-state index >= 15 is 0 Å². The average molecular weight is 285 g/mol. The summed E-state index contributed by atoms with van der Waals surface area (Å²) in [6, 6.07) is 4.06. The van der Waals surface area contributed by atoms with E-state index in [1.54, 1.807) is 5.57 Å². The highest BCUT2D eigenvalue weighted by Gasteiger charge is 2.43. The van der Waals surface area contributed by atoms with Crippen LogP contribution in [0.15, 0.2) is 36.2 Å². The predicted octanol–water partition coefficient (Wildman–Crippen LogP) is 4.76. The van der Waals surface area contributed by atoms with Crippen molar-refractivity contribution < 1.29 is 4.74 Å². The molecule has 4 atom stereocenters. The molecule has 0 spiro atoms. The highest BCUT2D eigenvalue weighted by Crippen LogP contribution is 2.52. The van der Waals surface area contributed by atoms with Crippen molar-refractivity contribution in [2.75, 3.05) is 0 Å². The third kappa shape index (κ3) is 2.91. The molecule has 0 N–H and O–H groups in total. The molecule has 1 aromatic heterocycles. The van der Waals surface area contributed by atoms with Gasteiger partial charge in [-0.1, -0.05) is 38.5 Å². The van der Waals surface area contributed by atoms with Crippen molar-refractivity contribution in [1.29, 1.82) is 0 Å². The van der Waals surface area contributed by atoms with Crippen molar-refractivity contribution in [1.82, 2.24) is 4.98 Å². The average Bonchev–Trinajstić information content (AvgIpc) is 2.51. The fourth-order valence-corrected chi connectivity index (χ4v) is 4.04. The summed E-state index contributed by atoms with van der Waals surface area (Å²) in [5, 5.41) is 0. The predicted molar refractivity (Wildman–Crippen MR) is 85.8 cm³/mol. The Morgan fingerprint density at radius 2 is 2.24 bits per heavy atom. The summed E-state index contributed by atoms with van der Waals surface area (Å²) in [4.78, 5) is 4.15. The van der Waals surface area contributed by atoms with Crippen LogP contribution < -0.4 is 0 Å². The Morgan fingerprint density at radius 1 is 1.38 bits per heavy atom. The normalized spacial score (nSPS) is 36.0. The van der Waals surface area contributed by atoms with Gasteiger partial charge < -0.3 is 4.74 Å². The molecular formula is C19H27NO. The standard InChI is InChI=1S/C19H27NO/c1-14-6-7-17-11-18(8-9-19(17,3)15(14)2)21-13-16-5-4-10-20-12-16/h4-5,7,10,12,14-15,18H,6,8-9,11,13H2,1-3H3/t14?,15?,18-,19+/m0/s1. The van der Waals surface area contributed by atoms with Crippen LogP contribution in [-0.2, 0) is 11.3 Å². The summed E-state index contributed by atoms with van der Waals surface area (Å²) >= 11 is 0. The van der Waals surface area contributed by atoms with Crippen LogP contribution in [0, 0.1) is 17.3 Å². The second-order valence-electron chi connectivity index (χ2n) is 7.19. The van der Waals surface area contributed by atoms with Gasteiger partial charge in [0.15, 0.2) is 0 Å². The van der Waals surface area contributed by atoms with Crippen LogP contribution in [0.25, 0.3) is 0 Å². The van der Waals surface area contributed by atoms with Crippen LogP contribution >= 0.6 is 0 Å². The molecule has 2 nitrogen and oxygen atoms in total. The molecule has 3 rings (SSSR count). The highest BCUT2D eigenvalue weighted by molar-refractivity contribution is 5.22. The lowest BCUT2D eigenvalue weighted by Gasteiger charge is -2.49. The summed E-state index contributed by atoms with van der Waals surface area (Å²) < 4.78 is 6.14. The van der Waals surface area contributed by atoms with E-state index in [9.17, 15) is 0 Å². The highest BCUT2D eigenvalue weighted by atomic mass is 16.5. The third-order valence-corrected chi connectivity index (χ3v) is 5.97. The van der Waals surface area contributed by atoms with Gasteiger partial charge >= 0.3 is 0 Å². The van der Waals surface area contributed by atoms with Gasteiger partial charge in [0.25, 0.3) is 0 Å². The molecule has 0 aliphatic heterocycles. The Labute approximate surface area is 128 Å². The summed E-state index contributed by atoms with van der Waals surface area (Å²) in [6.45, 7) is 7.99. The van der Waals surface area contributed by atoms with Gasteiger partial charge in [-0.15, -0.1) is 0 Å². The van der Waals surface area contributed by atoms with E-state index in [1.807, 2.05) is 18.5 Å². The van der Waals surface area contributed by atoms with Gasteiger partial charge in [-0.25, -0.2) is 0 Å². The van der Waals surface area contributed by atoms with Crippen LogP contribution in [0.1, 0.15) is 52.0 Å². The zero-order chi connectivity index (χ0) is 14.9. The Kier molecular flexibility index (Phi) is 4.17. The zero-order valence-corrected chi connectivity index (χ0v) is 13.5. The molecule has 2 aliphatic rings. The van der Waals surface area contributed by atoms with Gasteiger partial charge in [-0.3, -0.25) is 4.98 Å². The van der Waals surface area contributed by atoms with Gasteiger partial charge in [0.05, 0.1) is 12.7 Å². The number of nitrogens with zero attached hydrogens (tertiary/aromatic N) is 1. The molecule has 1 saturated carbocycles. The first-order valence-electron chi connectivity index (χ1n) is 8.29. The second kappa shape index (κ2) is 5.92. The first-order valence-corrected chi connectivity index (χ1v) is 8.29. The first kappa shape index (κ1) is 14.8. The minimum absolute atomic E-state index is 0.380. The fraction of sp³-hybridized carbons (Fsp3) is 0.632. The van der Waals surface area contributed by atoms with Crippen LogP contribution in [0.4, 0.5) is 0 Å². The van der Waals surface area contributed by atoms with Crippen LogP contribution in [0.5, 0.6) is 0 Å². The molecule has 1 aromatic rings. The molecule has 21 heavy (non-hydrogen) atoms. The smallest absolute Gasteiger partial charge is 0.0735 e. The third-order valence-electron chi connectivity index (χ3n) is 5.97. The molecule has 114 valence electrons. The Bertz CT molecular complexity index is 510. The first-order chi connectivity index (χ1) is 10.1. The van der Waals surface area contributed by atoms with Crippen molar-refractivity contribution in [2.45, 2.75) is 59.2 Å².